The van der Waals surface area contributed by atoms with E-state index in [1.165, 1.54) is 7.11 Å². The average Bonchev–Trinajstić information content (AvgIpc) is 3.48. The number of ether oxygens (including phenoxy) is 2. The van der Waals surface area contributed by atoms with Gasteiger partial charge in [-0.05, 0) is 44.7 Å². The SMILES string of the molecule is CNc1cc2c(cn1)c(-c1cnn(C)c1)nn2C1CCC(Oc2cccc(C(=O)OC)c2C)CC1. The van der Waals surface area contributed by atoms with Crippen molar-refractivity contribution in [3.8, 4) is 17.0 Å². The molecule has 3 heterocycles. The number of hydrogen-bond donors (Lipinski definition) is 1. The molecule has 0 spiro atoms. The van der Waals surface area contributed by atoms with Gasteiger partial charge in [-0.2, -0.15) is 10.2 Å². The summed E-state index contributed by atoms with van der Waals surface area (Å²) in [6, 6.07) is 7.84. The average molecular weight is 475 g/mol. The number of aromatic nitrogens is 5. The molecule has 0 bridgehead atoms. The van der Waals surface area contributed by atoms with Crippen molar-refractivity contribution in [3.05, 3.63) is 54.0 Å². The van der Waals surface area contributed by atoms with Crippen LogP contribution in [0.4, 0.5) is 5.82 Å². The zero-order chi connectivity index (χ0) is 24.5. The smallest absolute Gasteiger partial charge is 0.338 e. The van der Waals surface area contributed by atoms with Crippen LogP contribution in [0.1, 0.15) is 47.6 Å². The summed E-state index contributed by atoms with van der Waals surface area (Å²) in [7, 11) is 5.17. The number of fused-ring (bicyclic) bond motifs is 1. The molecule has 0 atom stereocenters. The summed E-state index contributed by atoms with van der Waals surface area (Å²) in [4.78, 5) is 16.6. The van der Waals surface area contributed by atoms with Gasteiger partial charge in [0.25, 0.3) is 0 Å². The van der Waals surface area contributed by atoms with Crippen LogP contribution in [0, 0.1) is 6.92 Å². The van der Waals surface area contributed by atoms with Gasteiger partial charge >= 0.3 is 5.97 Å². The Hall–Kier alpha value is -3.88. The van der Waals surface area contributed by atoms with Gasteiger partial charge in [0.2, 0.25) is 0 Å². The normalized spacial score (nSPS) is 17.9. The molecule has 35 heavy (non-hydrogen) atoms. The van der Waals surface area contributed by atoms with Crippen molar-refractivity contribution in [1.29, 1.82) is 0 Å². The van der Waals surface area contributed by atoms with Crippen molar-refractivity contribution >= 4 is 22.7 Å². The Kier molecular flexibility index (Phi) is 6.15. The molecule has 1 saturated carbocycles. The maximum absolute atomic E-state index is 12.0. The number of pyridine rings is 1. The maximum Gasteiger partial charge on any atom is 0.338 e. The second-order valence-corrected chi connectivity index (χ2v) is 9.00. The Morgan fingerprint density at radius 3 is 2.66 bits per heavy atom. The van der Waals surface area contributed by atoms with E-state index in [1.54, 1.807) is 10.7 Å². The zero-order valence-electron chi connectivity index (χ0n) is 20.5. The molecule has 1 fully saturated rings. The van der Waals surface area contributed by atoms with Gasteiger partial charge in [-0.3, -0.25) is 9.36 Å². The van der Waals surface area contributed by atoms with Crippen LogP contribution >= 0.6 is 0 Å². The standard InChI is InChI=1S/C26H30N6O3/c1-16-20(26(33)34-4)6-5-7-23(16)35-19-10-8-18(9-11-19)32-22-12-24(27-2)28-14-21(22)25(30-32)17-13-29-31(3)15-17/h5-7,12-15,18-19H,8-11H2,1-4H3,(H,27,28). The molecule has 0 unspecified atom stereocenters. The van der Waals surface area contributed by atoms with Crippen LogP contribution in [0.25, 0.3) is 22.2 Å². The summed E-state index contributed by atoms with van der Waals surface area (Å²) in [6.07, 6.45) is 9.49. The Labute approximate surface area is 204 Å². The van der Waals surface area contributed by atoms with Gasteiger partial charge < -0.3 is 14.8 Å². The topological polar surface area (TPSA) is 96.1 Å². The van der Waals surface area contributed by atoms with Gasteiger partial charge in [-0.15, -0.1) is 0 Å². The van der Waals surface area contributed by atoms with Crippen LogP contribution in [0.5, 0.6) is 5.75 Å². The van der Waals surface area contributed by atoms with Gasteiger partial charge in [0.1, 0.15) is 17.3 Å². The first-order chi connectivity index (χ1) is 17.0. The molecular formula is C26H30N6O3. The van der Waals surface area contributed by atoms with E-state index >= 15 is 0 Å². The summed E-state index contributed by atoms with van der Waals surface area (Å²) in [5, 5.41) is 13.5. The van der Waals surface area contributed by atoms with Gasteiger partial charge in [0.15, 0.2) is 0 Å². The number of esters is 1. The van der Waals surface area contributed by atoms with Crippen LogP contribution in [-0.2, 0) is 11.8 Å². The van der Waals surface area contributed by atoms with Gasteiger partial charge in [-0.25, -0.2) is 9.78 Å². The van der Waals surface area contributed by atoms with Gasteiger partial charge in [0.05, 0.1) is 36.5 Å². The molecule has 9 nitrogen and oxygen atoms in total. The Morgan fingerprint density at radius 1 is 1.17 bits per heavy atom. The van der Waals surface area contributed by atoms with Crippen molar-refractivity contribution in [2.75, 3.05) is 19.5 Å². The van der Waals surface area contributed by atoms with Crippen LogP contribution in [0.2, 0.25) is 0 Å². The summed E-state index contributed by atoms with van der Waals surface area (Å²) in [6.45, 7) is 1.90. The van der Waals surface area contributed by atoms with Crippen molar-refractivity contribution in [3.63, 3.8) is 0 Å². The van der Waals surface area contributed by atoms with E-state index in [0.717, 1.165) is 65.0 Å². The molecule has 1 aromatic carbocycles. The van der Waals surface area contributed by atoms with Crippen molar-refractivity contribution in [1.82, 2.24) is 24.5 Å². The summed E-state index contributed by atoms with van der Waals surface area (Å²) in [5.74, 6) is 1.21. The monoisotopic (exact) mass is 474 g/mol. The van der Waals surface area contributed by atoms with Crippen molar-refractivity contribution < 1.29 is 14.3 Å². The molecule has 1 N–H and O–H groups in total. The maximum atomic E-state index is 12.0. The summed E-state index contributed by atoms with van der Waals surface area (Å²) < 4.78 is 15.2. The Morgan fingerprint density at radius 2 is 1.97 bits per heavy atom. The highest BCUT2D eigenvalue weighted by molar-refractivity contribution is 5.94. The predicted octanol–water partition coefficient (Wildman–Crippen LogP) is 4.53. The van der Waals surface area contributed by atoms with E-state index in [2.05, 4.69) is 26.1 Å². The van der Waals surface area contributed by atoms with Gasteiger partial charge in [0, 0.05) is 49.1 Å². The number of carbonyl (C=O) groups is 1. The van der Waals surface area contributed by atoms with E-state index in [9.17, 15) is 4.79 Å². The number of aryl methyl sites for hydroxylation is 1. The minimum Gasteiger partial charge on any atom is -0.490 e. The van der Waals surface area contributed by atoms with Gasteiger partial charge in [-0.1, -0.05) is 6.07 Å². The highest BCUT2D eigenvalue weighted by Gasteiger charge is 2.27. The summed E-state index contributed by atoms with van der Waals surface area (Å²) in [5.41, 5.74) is 4.30. The third-order valence-corrected chi connectivity index (χ3v) is 6.80. The van der Waals surface area contributed by atoms with E-state index in [1.807, 2.05) is 51.7 Å². The first-order valence-corrected chi connectivity index (χ1v) is 11.9. The number of rotatable bonds is 6. The zero-order valence-corrected chi connectivity index (χ0v) is 20.5. The predicted molar refractivity (Wildman–Crippen MR) is 134 cm³/mol. The number of carbonyl (C=O) groups excluding carboxylic acids is 1. The minimum absolute atomic E-state index is 0.0898. The second-order valence-electron chi connectivity index (χ2n) is 9.00. The molecule has 3 aromatic heterocycles. The van der Waals surface area contributed by atoms with Crippen LogP contribution in [0.3, 0.4) is 0 Å². The number of anilines is 1. The van der Waals surface area contributed by atoms with Crippen LogP contribution in [-0.4, -0.2) is 50.8 Å². The Balaban J connectivity index is 1.37. The third kappa shape index (κ3) is 4.34. The van der Waals surface area contributed by atoms with Crippen molar-refractivity contribution in [2.45, 2.75) is 44.8 Å². The lowest BCUT2D eigenvalue weighted by molar-refractivity contribution is 0.0598. The molecule has 0 amide bonds. The number of nitrogens with one attached hydrogen (secondary N) is 1. The number of nitrogens with zero attached hydrogens (tertiary/aromatic N) is 5. The molecule has 4 aromatic rings. The lowest BCUT2D eigenvalue weighted by Gasteiger charge is -2.30. The highest BCUT2D eigenvalue weighted by atomic mass is 16.5. The van der Waals surface area contributed by atoms with E-state index in [-0.39, 0.29) is 18.1 Å². The quantitative estimate of drug-likeness (QED) is 0.410. The van der Waals surface area contributed by atoms with Crippen LogP contribution in [0.15, 0.2) is 42.9 Å². The lowest BCUT2D eigenvalue weighted by Crippen LogP contribution is -2.26. The fourth-order valence-corrected chi connectivity index (χ4v) is 4.86. The molecule has 0 radical (unpaired) electrons. The third-order valence-electron chi connectivity index (χ3n) is 6.80. The fourth-order valence-electron chi connectivity index (χ4n) is 4.86. The molecule has 5 rings (SSSR count). The minimum atomic E-state index is -0.345. The van der Waals surface area contributed by atoms with E-state index in [4.69, 9.17) is 14.6 Å². The molecular weight excluding hydrogens is 444 g/mol. The summed E-state index contributed by atoms with van der Waals surface area (Å²) >= 11 is 0. The molecule has 0 saturated heterocycles. The largest absolute Gasteiger partial charge is 0.490 e. The van der Waals surface area contributed by atoms with Crippen LogP contribution < -0.4 is 10.1 Å². The molecule has 1 aliphatic rings. The fraction of sp³-hybridized carbons (Fsp3) is 0.385. The number of benzene rings is 1. The second kappa shape index (κ2) is 9.40. The van der Waals surface area contributed by atoms with E-state index < -0.39 is 0 Å². The molecule has 9 heteroatoms. The Bertz CT molecular complexity index is 1370. The van der Waals surface area contributed by atoms with E-state index in [0.29, 0.717) is 5.56 Å². The highest BCUT2D eigenvalue weighted by Crippen LogP contribution is 2.37. The number of methoxy groups -OCH3 is 1. The molecule has 0 aliphatic heterocycles. The molecule has 1 aliphatic carbocycles. The first-order valence-electron chi connectivity index (χ1n) is 11.9. The lowest BCUT2D eigenvalue weighted by atomic mass is 9.92. The molecule has 182 valence electrons. The first kappa shape index (κ1) is 22.9. The number of hydrogen-bond acceptors (Lipinski definition) is 7. The van der Waals surface area contributed by atoms with Crippen molar-refractivity contribution in [2.24, 2.45) is 7.05 Å².